The van der Waals surface area contributed by atoms with Gasteiger partial charge >= 0.3 is 0 Å². The lowest BCUT2D eigenvalue weighted by molar-refractivity contribution is -0.130. The summed E-state index contributed by atoms with van der Waals surface area (Å²) in [5, 5.41) is 4.78. The minimum absolute atomic E-state index is 0.152. The van der Waals surface area contributed by atoms with Gasteiger partial charge in [-0.15, -0.1) is 0 Å². The van der Waals surface area contributed by atoms with E-state index in [9.17, 15) is 14.4 Å². The van der Waals surface area contributed by atoms with Crippen LogP contribution in [0.25, 0.3) is 0 Å². The molecular formula is C22H23ClN4O3S. The molecule has 0 aromatic heterocycles. The lowest BCUT2D eigenvalue weighted by Crippen LogP contribution is -2.49. The van der Waals surface area contributed by atoms with Crippen LogP contribution in [0.2, 0.25) is 5.02 Å². The number of aryl methyl sites for hydroxylation is 2. The smallest absolute Gasteiger partial charge is 0.269 e. The molecule has 9 heteroatoms. The van der Waals surface area contributed by atoms with E-state index in [4.69, 9.17) is 23.8 Å². The van der Waals surface area contributed by atoms with Gasteiger partial charge < -0.3 is 5.32 Å². The molecule has 1 aliphatic heterocycles. The quantitative estimate of drug-likeness (QED) is 0.648. The Morgan fingerprint density at radius 3 is 2.42 bits per heavy atom. The van der Waals surface area contributed by atoms with Gasteiger partial charge in [-0.25, -0.2) is 5.01 Å². The summed E-state index contributed by atoms with van der Waals surface area (Å²) >= 11 is 11.3. The van der Waals surface area contributed by atoms with Crippen molar-refractivity contribution in [1.82, 2.24) is 15.3 Å². The second kappa shape index (κ2) is 9.45. The zero-order valence-corrected chi connectivity index (χ0v) is 19.0. The van der Waals surface area contributed by atoms with E-state index in [0.717, 1.165) is 11.1 Å². The fraction of sp³-hybridized carbons (Fsp3) is 0.273. The number of nitrogens with one attached hydrogen (secondary N) is 2. The second-order valence-electron chi connectivity index (χ2n) is 7.27. The van der Waals surface area contributed by atoms with Crippen LogP contribution in [0.4, 0.5) is 5.69 Å². The van der Waals surface area contributed by atoms with Gasteiger partial charge in [0.1, 0.15) is 6.04 Å². The van der Waals surface area contributed by atoms with Crippen LogP contribution in [-0.4, -0.2) is 45.3 Å². The van der Waals surface area contributed by atoms with E-state index in [0.29, 0.717) is 22.8 Å². The van der Waals surface area contributed by atoms with Gasteiger partial charge in [-0.05, 0) is 68.9 Å². The van der Waals surface area contributed by atoms with Gasteiger partial charge in [0.25, 0.3) is 11.8 Å². The third-order valence-corrected chi connectivity index (χ3v) is 5.65. The van der Waals surface area contributed by atoms with E-state index < -0.39 is 11.9 Å². The standard InChI is InChI=1S/C22H23ClN4O3S/c1-4-26-21(30)18(12-19(28)24-17-10-5-13(2)11-14(17)3)27(22(26)31)25-20(29)15-6-8-16(23)9-7-15/h5-11,18H,4,12H2,1-3H3,(H,24,28)(H,25,29)/t18-/m0/s1. The Hall–Kier alpha value is -2.97. The second-order valence-corrected chi connectivity index (χ2v) is 8.07. The summed E-state index contributed by atoms with van der Waals surface area (Å²) in [5.41, 5.74) is 5.70. The van der Waals surface area contributed by atoms with Crippen LogP contribution in [0, 0.1) is 13.8 Å². The molecular weight excluding hydrogens is 436 g/mol. The number of thiocarbonyl (C=S) groups is 1. The molecule has 0 radical (unpaired) electrons. The number of hydrazine groups is 1. The molecule has 0 saturated carbocycles. The molecule has 2 aromatic rings. The van der Waals surface area contributed by atoms with Crippen LogP contribution in [-0.2, 0) is 9.59 Å². The number of amides is 3. The van der Waals surface area contributed by atoms with Crippen molar-refractivity contribution in [3.63, 3.8) is 0 Å². The normalized spacial score (nSPS) is 15.9. The van der Waals surface area contributed by atoms with E-state index in [1.165, 1.54) is 9.91 Å². The maximum absolute atomic E-state index is 12.9. The van der Waals surface area contributed by atoms with E-state index in [-0.39, 0.29) is 23.3 Å². The number of rotatable bonds is 6. The summed E-state index contributed by atoms with van der Waals surface area (Å²) in [7, 11) is 0. The lowest BCUT2D eigenvalue weighted by atomic mass is 10.1. The van der Waals surface area contributed by atoms with Crippen molar-refractivity contribution in [3.8, 4) is 0 Å². The molecule has 3 rings (SSSR count). The monoisotopic (exact) mass is 458 g/mol. The van der Waals surface area contributed by atoms with Crippen LogP contribution >= 0.6 is 23.8 Å². The van der Waals surface area contributed by atoms with Crippen LogP contribution < -0.4 is 10.7 Å². The number of benzene rings is 2. The van der Waals surface area contributed by atoms with Crippen molar-refractivity contribution in [2.24, 2.45) is 0 Å². The number of nitrogens with zero attached hydrogens (tertiary/aromatic N) is 2. The number of carbonyl (C=O) groups is 3. The van der Waals surface area contributed by atoms with Gasteiger partial charge in [0, 0.05) is 22.8 Å². The highest BCUT2D eigenvalue weighted by molar-refractivity contribution is 7.80. The fourth-order valence-electron chi connectivity index (χ4n) is 3.35. The third kappa shape index (κ3) is 5.03. The molecule has 1 heterocycles. The Balaban J connectivity index is 1.77. The SMILES string of the molecule is CCN1C(=O)[C@H](CC(=O)Nc2ccc(C)cc2C)N(NC(=O)c2ccc(Cl)cc2)C1=S. The van der Waals surface area contributed by atoms with E-state index in [2.05, 4.69) is 10.7 Å². The Kier molecular flexibility index (Phi) is 6.92. The van der Waals surface area contributed by atoms with Crippen molar-refractivity contribution in [3.05, 3.63) is 64.2 Å². The molecule has 3 amide bonds. The maximum Gasteiger partial charge on any atom is 0.269 e. The van der Waals surface area contributed by atoms with Crippen LogP contribution in [0.5, 0.6) is 0 Å². The van der Waals surface area contributed by atoms with Gasteiger partial charge in [-0.1, -0.05) is 29.3 Å². The topological polar surface area (TPSA) is 81.8 Å². The Bertz CT molecular complexity index is 1040. The Morgan fingerprint density at radius 2 is 1.81 bits per heavy atom. The summed E-state index contributed by atoms with van der Waals surface area (Å²) in [4.78, 5) is 39.6. The first-order valence-electron chi connectivity index (χ1n) is 9.79. The van der Waals surface area contributed by atoms with Crippen molar-refractivity contribution < 1.29 is 14.4 Å². The van der Waals surface area contributed by atoms with Crippen molar-refractivity contribution in [1.29, 1.82) is 0 Å². The molecule has 1 aliphatic rings. The van der Waals surface area contributed by atoms with E-state index in [1.54, 1.807) is 31.2 Å². The first-order chi connectivity index (χ1) is 14.7. The molecule has 0 unspecified atom stereocenters. The van der Waals surface area contributed by atoms with Crippen LogP contribution in [0.1, 0.15) is 34.8 Å². The van der Waals surface area contributed by atoms with Gasteiger partial charge in [-0.2, -0.15) is 0 Å². The highest BCUT2D eigenvalue weighted by Crippen LogP contribution is 2.21. The van der Waals surface area contributed by atoms with Crippen molar-refractivity contribution >= 4 is 52.3 Å². The number of halogens is 1. The lowest BCUT2D eigenvalue weighted by Gasteiger charge is -2.24. The van der Waals surface area contributed by atoms with Crippen molar-refractivity contribution in [2.75, 3.05) is 11.9 Å². The maximum atomic E-state index is 12.9. The third-order valence-electron chi connectivity index (χ3n) is 4.98. The minimum Gasteiger partial charge on any atom is -0.326 e. The summed E-state index contributed by atoms with van der Waals surface area (Å²) in [6.45, 7) is 5.98. The van der Waals surface area contributed by atoms with Crippen molar-refractivity contribution in [2.45, 2.75) is 33.2 Å². The van der Waals surface area contributed by atoms with Gasteiger partial charge in [0.15, 0.2) is 5.11 Å². The number of carbonyl (C=O) groups excluding carboxylic acids is 3. The predicted octanol–water partition coefficient (Wildman–Crippen LogP) is 3.45. The summed E-state index contributed by atoms with van der Waals surface area (Å²) < 4.78 is 0. The van der Waals surface area contributed by atoms with E-state index in [1.807, 2.05) is 32.0 Å². The molecule has 162 valence electrons. The highest BCUT2D eigenvalue weighted by Gasteiger charge is 2.43. The first-order valence-corrected chi connectivity index (χ1v) is 10.6. The minimum atomic E-state index is -0.936. The molecule has 1 fully saturated rings. The van der Waals surface area contributed by atoms with E-state index >= 15 is 0 Å². The molecule has 2 aromatic carbocycles. The number of hydrogen-bond acceptors (Lipinski definition) is 4. The number of hydrogen-bond donors (Lipinski definition) is 2. The number of anilines is 1. The first kappa shape index (κ1) is 22.7. The molecule has 2 N–H and O–H groups in total. The van der Waals surface area contributed by atoms with Gasteiger partial charge in [0.05, 0.1) is 6.42 Å². The largest absolute Gasteiger partial charge is 0.326 e. The Morgan fingerprint density at radius 1 is 1.13 bits per heavy atom. The molecule has 1 saturated heterocycles. The fourth-order valence-corrected chi connectivity index (χ4v) is 3.87. The molecule has 0 aliphatic carbocycles. The molecule has 7 nitrogen and oxygen atoms in total. The summed E-state index contributed by atoms with van der Waals surface area (Å²) in [6.07, 6.45) is -0.163. The molecule has 31 heavy (non-hydrogen) atoms. The molecule has 0 spiro atoms. The van der Waals surface area contributed by atoms with Crippen LogP contribution in [0.3, 0.4) is 0 Å². The summed E-state index contributed by atoms with van der Waals surface area (Å²) in [6, 6.07) is 11.1. The number of likely N-dealkylation sites (N-methyl/N-ethyl adjacent to an activating group) is 1. The molecule has 1 atom stereocenters. The van der Waals surface area contributed by atoms with Gasteiger partial charge in [0.2, 0.25) is 5.91 Å². The van der Waals surface area contributed by atoms with Gasteiger partial charge in [-0.3, -0.25) is 24.7 Å². The zero-order chi connectivity index (χ0) is 22.7. The zero-order valence-electron chi connectivity index (χ0n) is 17.4. The highest BCUT2D eigenvalue weighted by atomic mass is 35.5. The predicted molar refractivity (Wildman–Crippen MR) is 124 cm³/mol. The summed E-state index contributed by atoms with van der Waals surface area (Å²) in [5.74, 6) is -1.14. The average molecular weight is 459 g/mol. The molecule has 0 bridgehead atoms. The average Bonchev–Trinajstić information content (AvgIpc) is 2.94. The Labute approximate surface area is 191 Å². The van der Waals surface area contributed by atoms with Crippen LogP contribution in [0.15, 0.2) is 42.5 Å².